The standard InChI is InChI=1S/C20H32N4O2.C15H24N4/c1-15-13-22-18(14-21-15)23-9-5-16(6-10-23)17-7-11-24(12-8-17)19(25)26-20(2,3)4;1-12-10-18-15(11-17-12)19-8-4-14(5-9-19)13-2-6-16-7-3-13/h13-14,16-17H,5-12H2,1-4H3;10-11,13-14,16H,2-9H2,1H3. The SMILES string of the molecule is Cc1cnc(N2CCC(C3CCN(C(=O)OC(C)(C)C)CC3)CC2)cn1.Cc1cnc(N2CCC(C3CCNCC3)CC2)cn1. The highest BCUT2D eigenvalue weighted by atomic mass is 16.6. The molecule has 4 aliphatic rings. The van der Waals surface area contributed by atoms with E-state index in [4.69, 9.17) is 4.74 Å². The molecule has 4 aliphatic heterocycles. The van der Waals surface area contributed by atoms with Gasteiger partial charge in [0, 0.05) is 39.3 Å². The summed E-state index contributed by atoms with van der Waals surface area (Å²) in [4.78, 5) is 36.5. The van der Waals surface area contributed by atoms with Crippen molar-refractivity contribution < 1.29 is 9.53 Å². The number of nitrogens with zero attached hydrogens (tertiary/aromatic N) is 7. The number of hydrogen-bond acceptors (Lipinski definition) is 9. The maximum atomic E-state index is 12.2. The predicted octanol–water partition coefficient (Wildman–Crippen LogP) is 5.65. The van der Waals surface area contributed by atoms with Crippen LogP contribution in [0.25, 0.3) is 0 Å². The number of amides is 1. The van der Waals surface area contributed by atoms with Crippen molar-refractivity contribution >= 4 is 17.7 Å². The minimum absolute atomic E-state index is 0.163. The van der Waals surface area contributed by atoms with Crippen molar-refractivity contribution in [3.8, 4) is 0 Å². The zero-order valence-corrected chi connectivity index (χ0v) is 28.4. The number of ether oxygens (including phenoxy) is 1. The van der Waals surface area contributed by atoms with E-state index < -0.39 is 5.60 Å². The molecule has 0 bridgehead atoms. The molecule has 2 aromatic rings. The Hall–Kier alpha value is -3.01. The highest BCUT2D eigenvalue weighted by molar-refractivity contribution is 5.68. The Morgan fingerprint density at radius 1 is 0.644 bits per heavy atom. The maximum absolute atomic E-state index is 12.2. The molecule has 1 N–H and O–H groups in total. The van der Waals surface area contributed by atoms with Crippen molar-refractivity contribution in [1.82, 2.24) is 30.2 Å². The molecule has 0 aromatic carbocycles. The predicted molar refractivity (Wildman–Crippen MR) is 180 cm³/mol. The van der Waals surface area contributed by atoms with Gasteiger partial charge in [-0.3, -0.25) is 9.97 Å². The fourth-order valence-corrected chi connectivity index (χ4v) is 7.49. The Morgan fingerprint density at radius 2 is 1.04 bits per heavy atom. The minimum Gasteiger partial charge on any atom is -0.444 e. The first-order valence-electron chi connectivity index (χ1n) is 17.4. The fraction of sp³-hybridized carbons (Fsp3) is 0.743. The van der Waals surface area contributed by atoms with Crippen LogP contribution >= 0.6 is 0 Å². The highest BCUT2D eigenvalue weighted by Crippen LogP contribution is 2.34. The van der Waals surface area contributed by atoms with E-state index in [1.807, 2.05) is 64.3 Å². The van der Waals surface area contributed by atoms with E-state index in [9.17, 15) is 4.79 Å². The van der Waals surface area contributed by atoms with Gasteiger partial charge in [-0.15, -0.1) is 0 Å². The Kier molecular flexibility index (Phi) is 11.5. The Labute approximate surface area is 270 Å². The molecule has 10 nitrogen and oxygen atoms in total. The van der Waals surface area contributed by atoms with Crippen molar-refractivity contribution in [2.75, 3.05) is 62.2 Å². The van der Waals surface area contributed by atoms with Crippen LogP contribution in [0, 0.1) is 37.5 Å². The minimum atomic E-state index is -0.417. The molecule has 1 amide bonds. The van der Waals surface area contributed by atoms with Gasteiger partial charge in [0.25, 0.3) is 0 Å². The average Bonchev–Trinajstić information content (AvgIpc) is 3.06. The quantitative estimate of drug-likeness (QED) is 0.465. The second-order valence-corrected chi connectivity index (χ2v) is 14.6. The monoisotopic (exact) mass is 620 g/mol. The summed E-state index contributed by atoms with van der Waals surface area (Å²) in [6.07, 6.45) is 17.3. The van der Waals surface area contributed by atoms with Crippen LogP contribution in [-0.4, -0.2) is 88.9 Å². The molecule has 6 heterocycles. The van der Waals surface area contributed by atoms with Crippen LogP contribution in [0.2, 0.25) is 0 Å². The number of anilines is 2. The summed E-state index contributed by atoms with van der Waals surface area (Å²) in [5.41, 5.74) is 1.54. The van der Waals surface area contributed by atoms with Crippen LogP contribution in [0.15, 0.2) is 24.8 Å². The lowest BCUT2D eigenvalue weighted by Crippen LogP contribution is -2.44. The average molecular weight is 621 g/mol. The summed E-state index contributed by atoms with van der Waals surface area (Å²) >= 11 is 0. The molecular weight excluding hydrogens is 564 g/mol. The summed E-state index contributed by atoms with van der Waals surface area (Å²) in [5.74, 6) is 5.40. The van der Waals surface area contributed by atoms with E-state index in [-0.39, 0.29) is 6.09 Å². The molecule has 4 saturated heterocycles. The lowest BCUT2D eigenvalue weighted by Gasteiger charge is -2.40. The molecule has 0 spiro atoms. The largest absolute Gasteiger partial charge is 0.444 e. The van der Waals surface area contributed by atoms with Crippen LogP contribution < -0.4 is 15.1 Å². The fourth-order valence-electron chi connectivity index (χ4n) is 7.49. The van der Waals surface area contributed by atoms with Gasteiger partial charge in [-0.1, -0.05) is 0 Å². The topological polar surface area (TPSA) is 99.6 Å². The van der Waals surface area contributed by atoms with E-state index in [0.717, 1.165) is 98.8 Å². The third-order valence-electron chi connectivity index (χ3n) is 10.2. The van der Waals surface area contributed by atoms with Gasteiger partial charge in [-0.2, -0.15) is 0 Å². The van der Waals surface area contributed by atoms with Crippen molar-refractivity contribution in [1.29, 1.82) is 0 Å². The first-order valence-corrected chi connectivity index (χ1v) is 17.4. The molecular formula is C35H56N8O2. The number of carbonyl (C=O) groups excluding carboxylic acids is 1. The summed E-state index contributed by atoms with van der Waals surface area (Å²) in [6, 6.07) is 0. The number of hydrogen-bond donors (Lipinski definition) is 1. The molecule has 2 aromatic heterocycles. The Morgan fingerprint density at radius 3 is 1.42 bits per heavy atom. The summed E-state index contributed by atoms with van der Waals surface area (Å²) in [7, 11) is 0. The van der Waals surface area contributed by atoms with Crippen LogP contribution in [0.1, 0.15) is 83.5 Å². The van der Waals surface area contributed by atoms with Crippen LogP contribution in [0.4, 0.5) is 16.4 Å². The summed E-state index contributed by atoms with van der Waals surface area (Å²) in [6.45, 7) is 18.2. The number of rotatable bonds is 4. The molecule has 248 valence electrons. The zero-order valence-electron chi connectivity index (χ0n) is 28.4. The molecule has 0 saturated carbocycles. The molecule has 4 fully saturated rings. The van der Waals surface area contributed by atoms with Gasteiger partial charge in [-0.25, -0.2) is 14.8 Å². The molecule has 0 aliphatic carbocycles. The van der Waals surface area contributed by atoms with Gasteiger partial charge in [0.05, 0.1) is 36.2 Å². The van der Waals surface area contributed by atoms with Crippen LogP contribution in [-0.2, 0) is 4.74 Å². The number of nitrogens with one attached hydrogen (secondary N) is 1. The third kappa shape index (κ3) is 9.74. The first kappa shape index (κ1) is 33.4. The normalized spacial score (nSPS) is 21.3. The Bertz CT molecular complexity index is 1170. The molecule has 0 radical (unpaired) electrons. The van der Waals surface area contributed by atoms with Crippen molar-refractivity contribution in [3.05, 3.63) is 36.2 Å². The molecule has 0 atom stereocenters. The number of carbonyl (C=O) groups is 1. The van der Waals surface area contributed by atoms with Crippen molar-refractivity contribution in [2.45, 2.75) is 91.6 Å². The zero-order chi connectivity index (χ0) is 31.8. The Balaban J connectivity index is 0.000000186. The maximum Gasteiger partial charge on any atom is 0.410 e. The number of likely N-dealkylation sites (tertiary alicyclic amines) is 1. The van der Waals surface area contributed by atoms with E-state index in [1.54, 1.807) is 0 Å². The number of piperidine rings is 4. The smallest absolute Gasteiger partial charge is 0.410 e. The van der Waals surface area contributed by atoms with Crippen molar-refractivity contribution in [3.63, 3.8) is 0 Å². The second-order valence-electron chi connectivity index (χ2n) is 14.6. The van der Waals surface area contributed by atoms with E-state index >= 15 is 0 Å². The molecule has 6 rings (SSSR count). The van der Waals surface area contributed by atoms with Gasteiger partial charge in [0.2, 0.25) is 0 Å². The third-order valence-corrected chi connectivity index (χ3v) is 10.2. The summed E-state index contributed by atoms with van der Waals surface area (Å²) in [5, 5.41) is 3.47. The molecule has 0 unspecified atom stereocenters. The number of aromatic nitrogens is 4. The van der Waals surface area contributed by atoms with E-state index in [2.05, 4.69) is 35.1 Å². The number of aryl methyl sites for hydroxylation is 2. The molecule has 10 heteroatoms. The van der Waals surface area contributed by atoms with Gasteiger partial charge in [-0.05, 0) is 123 Å². The lowest BCUT2D eigenvalue weighted by molar-refractivity contribution is 0.0152. The van der Waals surface area contributed by atoms with E-state index in [0.29, 0.717) is 0 Å². The van der Waals surface area contributed by atoms with E-state index in [1.165, 1.54) is 51.6 Å². The second kappa shape index (κ2) is 15.5. The van der Waals surface area contributed by atoms with Crippen LogP contribution in [0.3, 0.4) is 0 Å². The lowest BCUT2D eigenvalue weighted by atomic mass is 9.79. The van der Waals surface area contributed by atoms with Gasteiger partial charge in [0.15, 0.2) is 0 Å². The molecule has 45 heavy (non-hydrogen) atoms. The van der Waals surface area contributed by atoms with Crippen LogP contribution in [0.5, 0.6) is 0 Å². The van der Waals surface area contributed by atoms with Gasteiger partial charge in [0.1, 0.15) is 17.2 Å². The van der Waals surface area contributed by atoms with Gasteiger partial charge >= 0.3 is 6.09 Å². The summed E-state index contributed by atoms with van der Waals surface area (Å²) < 4.78 is 5.50. The van der Waals surface area contributed by atoms with Crippen molar-refractivity contribution in [2.24, 2.45) is 23.7 Å². The first-order chi connectivity index (χ1) is 21.6. The highest BCUT2D eigenvalue weighted by Gasteiger charge is 2.33. The van der Waals surface area contributed by atoms with Gasteiger partial charge < -0.3 is 24.8 Å².